The third-order valence-corrected chi connectivity index (χ3v) is 5.57. The van der Waals surface area contributed by atoms with Crippen LogP contribution in [0.25, 0.3) is 0 Å². The molecule has 1 fully saturated rings. The van der Waals surface area contributed by atoms with Crippen molar-refractivity contribution in [3.8, 4) is 0 Å². The molecule has 18 heavy (non-hydrogen) atoms. The van der Waals surface area contributed by atoms with Gasteiger partial charge in [0, 0.05) is 26.7 Å². The predicted octanol–water partition coefficient (Wildman–Crippen LogP) is -0.395. The molecule has 0 aromatic heterocycles. The SMILES string of the molecule is CC(O)C1CCN(S(=O)(=O)N(C)CCCN)CC1. The van der Waals surface area contributed by atoms with Gasteiger partial charge in [0.05, 0.1) is 6.10 Å². The summed E-state index contributed by atoms with van der Waals surface area (Å²) in [7, 11) is -1.76. The Morgan fingerprint density at radius 3 is 2.44 bits per heavy atom. The van der Waals surface area contributed by atoms with Crippen molar-refractivity contribution in [2.24, 2.45) is 11.7 Å². The highest BCUT2D eigenvalue weighted by Gasteiger charge is 2.31. The molecule has 0 amide bonds. The summed E-state index contributed by atoms with van der Waals surface area (Å²) in [6.07, 6.45) is 1.76. The fourth-order valence-corrected chi connectivity index (χ4v) is 3.64. The molecule has 1 rings (SSSR count). The number of nitrogens with zero attached hydrogens (tertiary/aromatic N) is 2. The molecule has 0 aromatic rings. The van der Waals surface area contributed by atoms with Crippen LogP contribution in [0.15, 0.2) is 0 Å². The number of piperidine rings is 1. The zero-order valence-corrected chi connectivity index (χ0v) is 12.1. The lowest BCUT2D eigenvalue weighted by atomic mass is 9.93. The molecular weight excluding hydrogens is 254 g/mol. The van der Waals surface area contributed by atoms with Crippen LogP contribution in [0, 0.1) is 5.92 Å². The smallest absolute Gasteiger partial charge is 0.281 e. The molecule has 1 aliphatic rings. The van der Waals surface area contributed by atoms with Gasteiger partial charge >= 0.3 is 0 Å². The highest BCUT2D eigenvalue weighted by atomic mass is 32.2. The fraction of sp³-hybridized carbons (Fsp3) is 1.00. The Kier molecular flexibility index (Phi) is 6.00. The molecule has 0 bridgehead atoms. The Labute approximate surface area is 110 Å². The minimum Gasteiger partial charge on any atom is -0.393 e. The largest absolute Gasteiger partial charge is 0.393 e. The first-order valence-electron chi connectivity index (χ1n) is 6.49. The van der Waals surface area contributed by atoms with E-state index in [4.69, 9.17) is 5.73 Å². The molecule has 1 atom stereocenters. The lowest BCUT2D eigenvalue weighted by Crippen LogP contribution is -2.47. The van der Waals surface area contributed by atoms with Crippen LogP contribution in [0.2, 0.25) is 0 Å². The van der Waals surface area contributed by atoms with Crippen LogP contribution in [0.5, 0.6) is 0 Å². The standard InChI is InChI=1S/C11H25N3O3S/c1-10(15)11-4-8-14(9-5-11)18(16,17)13(2)7-3-6-12/h10-11,15H,3-9,12H2,1-2H3. The zero-order chi connectivity index (χ0) is 13.8. The second-order valence-electron chi connectivity index (χ2n) is 4.95. The molecule has 1 unspecified atom stereocenters. The number of aliphatic hydroxyl groups excluding tert-OH is 1. The molecule has 0 radical (unpaired) electrons. The van der Waals surface area contributed by atoms with Gasteiger partial charge in [0.2, 0.25) is 0 Å². The Morgan fingerprint density at radius 2 is 2.00 bits per heavy atom. The average Bonchev–Trinajstić information content (AvgIpc) is 2.35. The lowest BCUT2D eigenvalue weighted by Gasteiger charge is -2.34. The van der Waals surface area contributed by atoms with Crippen LogP contribution in [-0.4, -0.2) is 61.5 Å². The quantitative estimate of drug-likeness (QED) is 0.693. The van der Waals surface area contributed by atoms with Crippen LogP contribution >= 0.6 is 0 Å². The maximum Gasteiger partial charge on any atom is 0.281 e. The third-order valence-electron chi connectivity index (χ3n) is 3.58. The van der Waals surface area contributed by atoms with Gasteiger partial charge in [-0.15, -0.1) is 0 Å². The number of nitrogens with two attached hydrogens (primary N) is 1. The van der Waals surface area contributed by atoms with Crippen molar-refractivity contribution >= 4 is 10.2 Å². The molecule has 1 saturated heterocycles. The van der Waals surface area contributed by atoms with Crippen LogP contribution in [0.4, 0.5) is 0 Å². The van der Waals surface area contributed by atoms with Crippen molar-refractivity contribution in [1.82, 2.24) is 8.61 Å². The summed E-state index contributed by atoms with van der Waals surface area (Å²) in [4.78, 5) is 0. The summed E-state index contributed by atoms with van der Waals surface area (Å²) in [5, 5.41) is 9.50. The molecule has 0 aromatic carbocycles. The molecule has 0 spiro atoms. The maximum absolute atomic E-state index is 12.2. The van der Waals surface area contributed by atoms with Crippen molar-refractivity contribution in [2.75, 3.05) is 33.2 Å². The van der Waals surface area contributed by atoms with E-state index >= 15 is 0 Å². The summed E-state index contributed by atoms with van der Waals surface area (Å²) >= 11 is 0. The first-order valence-corrected chi connectivity index (χ1v) is 7.88. The normalized spacial score (nSPS) is 21.4. The van der Waals surface area contributed by atoms with E-state index in [0.717, 1.165) is 12.8 Å². The van der Waals surface area contributed by atoms with Gasteiger partial charge < -0.3 is 10.8 Å². The molecule has 0 aliphatic carbocycles. The predicted molar refractivity (Wildman–Crippen MR) is 71.2 cm³/mol. The number of aliphatic hydroxyl groups is 1. The minimum absolute atomic E-state index is 0.214. The van der Waals surface area contributed by atoms with Crippen LogP contribution < -0.4 is 5.73 Å². The summed E-state index contributed by atoms with van der Waals surface area (Å²) in [5.41, 5.74) is 5.39. The van der Waals surface area contributed by atoms with Gasteiger partial charge in [-0.25, -0.2) is 0 Å². The fourth-order valence-electron chi connectivity index (χ4n) is 2.22. The first-order chi connectivity index (χ1) is 8.39. The maximum atomic E-state index is 12.2. The van der Waals surface area contributed by atoms with Crippen molar-refractivity contribution in [1.29, 1.82) is 0 Å². The van der Waals surface area contributed by atoms with E-state index in [2.05, 4.69) is 0 Å². The van der Waals surface area contributed by atoms with E-state index < -0.39 is 10.2 Å². The number of hydrogen-bond acceptors (Lipinski definition) is 4. The zero-order valence-electron chi connectivity index (χ0n) is 11.2. The number of rotatable bonds is 6. The second-order valence-corrected chi connectivity index (χ2v) is 6.98. The van der Waals surface area contributed by atoms with Gasteiger partial charge in [-0.1, -0.05) is 0 Å². The highest BCUT2D eigenvalue weighted by molar-refractivity contribution is 7.86. The van der Waals surface area contributed by atoms with E-state index in [-0.39, 0.29) is 12.0 Å². The average molecular weight is 279 g/mol. The molecule has 1 aliphatic heterocycles. The van der Waals surface area contributed by atoms with Gasteiger partial charge in [0.25, 0.3) is 10.2 Å². The Balaban J connectivity index is 2.55. The van der Waals surface area contributed by atoms with E-state index in [9.17, 15) is 13.5 Å². The van der Waals surface area contributed by atoms with E-state index in [0.29, 0.717) is 32.6 Å². The first kappa shape index (κ1) is 15.8. The van der Waals surface area contributed by atoms with E-state index in [1.807, 2.05) is 0 Å². The molecular formula is C11H25N3O3S. The Hall–Kier alpha value is -0.210. The Bertz CT molecular complexity index is 337. The van der Waals surface area contributed by atoms with Crippen LogP contribution in [0.1, 0.15) is 26.2 Å². The summed E-state index contributed by atoms with van der Waals surface area (Å²) in [6, 6.07) is 0. The third kappa shape index (κ3) is 3.89. The molecule has 108 valence electrons. The summed E-state index contributed by atoms with van der Waals surface area (Å²) in [6.45, 7) is 3.69. The van der Waals surface area contributed by atoms with Gasteiger partial charge in [-0.3, -0.25) is 0 Å². The molecule has 1 heterocycles. The molecule has 0 saturated carbocycles. The highest BCUT2D eigenvalue weighted by Crippen LogP contribution is 2.23. The molecule has 3 N–H and O–H groups in total. The molecule has 6 nitrogen and oxygen atoms in total. The monoisotopic (exact) mass is 279 g/mol. The van der Waals surface area contributed by atoms with Crippen molar-refractivity contribution in [2.45, 2.75) is 32.3 Å². The van der Waals surface area contributed by atoms with E-state index in [1.54, 1.807) is 14.0 Å². The lowest BCUT2D eigenvalue weighted by molar-refractivity contribution is 0.0900. The number of hydrogen-bond donors (Lipinski definition) is 2. The molecule has 7 heteroatoms. The van der Waals surface area contributed by atoms with Crippen LogP contribution in [-0.2, 0) is 10.2 Å². The Morgan fingerprint density at radius 1 is 1.44 bits per heavy atom. The van der Waals surface area contributed by atoms with Crippen molar-refractivity contribution < 1.29 is 13.5 Å². The van der Waals surface area contributed by atoms with Crippen molar-refractivity contribution in [3.05, 3.63) is 0 Å². The van der Waals surface area contributed by atoms with Crippen molar-refractivity contribution in [3.63, 3.8) is 0 Å². The minimum atomic E-state index is -3.35. The van der Waals surface area contributed by atoms with Gasteiger partial charge in [-0.2, -0.15) is 17.0 Å². The van der Waals surface area contributed by atoms with Crippen LogP contribution in [0.3, 0.4) is 0 Å². The summed E-state index contributed by atoms with van der Waals surface area (Å²) < 4.78 is 27.3. The van der Waals surface area contributed by atoms with Gasteiger partial charge in [-0.05, 0) is 38.6 Å². The van der Waals surface area contributed by atoms with Gasteiger partial charge in [0.1, 0.15) is 0 Å². The topological polar surface area (TPSA) is 86.9 Å². The van der Waals surface area contributed by atoms with E-state index in [1.165, 1.54) is 8.61 Å². The second kappa shape index (κ2) is 6.81. The summed E-state index contributed by atoms with van der Waals surface area (Å²) in [5.74, 6) is 0.214. The van der Waals surface area contributed by atoms with Gasteiger partial charge in [0.15, 0.2) is 0 Å².